The van der Waals surface area contributed by atoms with Crippen molar-refractivity contribution in [3.63, 3.8) is 0 Å². The Bertz CT molecular complexity index is 1410. The second kappa shape index (κ2) is 9.72. The minimum atomic E-state index is 0.234. The monoisotopic (exact) mass is 470 g/mol. The van der Waals surface area contributed by atoms with E-state index in [1.54, 1.807) is 6.26 Å². The number of imidazole rings is 1. The number of ether oxygens (including phenoxy) is 1. The molecule has 3 heterocycles. The van der Waals surface area contributed by atoms with Crippen molar-refractivity contribution in [3.8, 4) is 17.4 Å². The number of fused-ring (bicyclic) bond motifs is 1. The SMILES string of the molecule is CCOc1nc(NCc2ccco2)nc(Nc2ccc3nc(-c4ccc(N(C)C)cc4)[nH]c3c2)n1. The summed E-state index contributed by atoms with van der Waals surface area (Å²) in [5, 5.41) is 6.38. The van der Waals surface area contributed by atoms with Crippen LogP contribution in [-0.4, -0.2) is 45.6 Å². The Morgan fingerprint density at radius 1 is 0.971 bits per heavy atom. The summed E-state index contributed by atoms with van der Waals surface area (Å²) in [6.07, 6.45) is 1.62. The number of aromatic amines is 1. The van der Waals surface area contributed by atoms with E-state index in [4.69, 9.17) is 14.1 Å². The van der Waals surface area contributed by atoms with Gasteiger partial charge in [0.05, 0.1) is 30.4 Å². The molecule has 178 valence electrons. The number of rotatable bonds is 9. The molecule has 10 heteroatoms. The van der Waals surface area contributed by atoms with Gasteiger partial charge in [-0.05, 0) is 61.5 Å². The van der Waals surface area contributed by atoms with Crippen LogP contribution in [-0.2, 0) is 6.54 Å². The molecule has 0 aliphatic heterocycles. The first-order valence-electron chi connectivity index (χ1n) is 11.3. The molecular formula is C25H26N8O2. The van der Waals surface area contributed by atoms with Gasteiger partial charge in [-0.15, -0.1) is 0 Å². The Morgan fingerprint density at radius 3 is 2.54 bits per heavy atom. The lowest BCUT2D eigenvalue weighted by atomic mass is 10.2. The third-order valence-electron chi connectivity index (χ3n) is 5.28. The minimum Gasteiger partial charge on any atom is -0.467 e. The lowest BCUT2D eigenvalue weighted by molar-refractivity contribution is 0.312. The molecule has 3 aromatic heterocycles. The predicted octanol–water partition coefficient (Wildman–Crippen LogP) is 4.83. The molecule has 0 saturated carbocycles. The van der Waals surface area contributed by atoms with Gasteiger partial charge in [0, 0.05) is 31.0 Å². The van der Waals surface area contributed by atoms with Crippen molar-refractivity contribution in [2.24, 2.45) is 0 Å². The normalized spacial score (nSPS) is 10.9. The number of aromatic nitrogens is 5. The van der Waals surface area contributed by atoms with Crippen LogP contribution in [0.3, 0.4) is 0 Å². The first-order valence-corrected chi connectivity index (χ1v) is 11.3. The molecule has 2 aromatic carbocycles. The van der Waals surface area contributed by atoms with Crippen LogP contribution in [0, 0.1) is 0 Å². The first-order chi connectivity index (χ1) is 17.1. The fraction of sp³-hybridized carbons (Fsp3) is 0.200. The smallest absolute Gasteiger partial charge is 0.323 e. The van der Waals surface area contributed by atoms with Crippen molar-refractivity contribution < 1.29 is 9.15 Å². The number of benzene rings is 2. The van der Waals surface area contributed by atoms with Crippen molar-refractivity contribution in [2.45, 2.75) is 13.5 Å². The summed E-state index contributed by atoms with van der Waals surface area (Å²) < 4.78 is 10.9. The topological polar surface area (TPSA) is 117 Å². The molecule has 0 atom stereocenters. The highest BCUT2D eigenvalue weighted by atomic mass is 16.5. The number of H-pyrrole nitrogens is 1. The Kier molecular flexibility index (Phi) is 6.16. The summed E-state index contributed by atoms with van der Waals surface area (Å²) in [6, 6.07) is 18.1. The molecule has 5 rings (SSSR count). The van der Waals surface area contributed by atoms with Gasteiger partial charge in [-0.1, -0.05) is 0 Å². The summed E-state index contributed by atoms with van der Waals surface area (Å²) in [4.78, 5) is 23.3. The molecule has 0 unspecified atom stereocenters. The van der Waals surface area contributed by atoms with E-state index in [1.807, 2.05) is 51.4 Å². The van der Waals surface area contributed by atoms with E-state index in [2.05, 4.69) is 59.7 Å². The highest BCUT2D eigenvalue weighted by molar-refractivity contribution is 5.83. The summed E-state index contributed by atoms with van der Waals surface area (Å²) in [6.45, 7) is 2.77. The molecule has 0 aliphatic carbocycles. The molecule has 10 nitrogen and oxygen atoms in total. The lowest BCUT2D eigenvalue weighted by Crippen LogP contribution is -2.09. The zero-order chi connectivity index (χ0) is 24.2. The number of nitrogens with zero attached hydrogens (tertiary/aromatic N) is 5. The van der Waals surface area contributed by atoms with Gasteiger partial charge >= 0.3 is 6.01 Å². The maximum absolute atomic E-state index is 5.52. The minimum absolute atomic E-state index is 0.234. The molecule has 0 radical (unpaired) electrons. The van der Waals surface area contributed by atoms with E-state index in [1.165, 1.54) is 0 Å². The van der Waals surface area contributed by atoms with Crippen LogP contribution in [0.5, 0.6) is 6.01 Å². The van der Waals surface area contributed by atoms with Crippen LogP contribution in [0.25, 0.3) is 22.4 Å². The highest BCUT2D eigenvalue weighted by Gasteiger charge is 2.11. The van der Waals surface area contributed by atoms with E-state index in [-0.39, 0.29) is 6.01 Å². The van der Waals surface area contributed by atoms with Crippen molar-refractivity contribution in [3.05, 3.63) is 66.6 Å². The molecule has 0 bridgehead atoms. The van der Waals surface area contributed by atoms with Crippen LogP contribution in [0.15, 0.2) is 65.3 Å². The van der Waals surface area contributed by atoms with Gasteiger partial charge in [0.2, 0.25) is 11.9 Å². The van der Waals surface area contributed by atoms with E-state index in [0.717, 1.165) is 39.6 Å². The largest absolute Gasteiger partial charge is 0.467 e. The van der Waals surface area contributed by atoms with Crippen molar-refractivity contribution >= 4 is 34.3 Å². The zero-order valence-electron chi connectivity index (χ0n) is 19.7. The average molecular weight is 471 g/mol. The molecule has 5 aromatic rings. The van der Waals surface area contributed by atoms with Crippen LogP contribution >= 0.6 is 0 Å². The maximum atomic E-state index is 5.52. The highest BCUT2D eigenvalue weighted by Crippen LogP contribution is 2.26. The van der Waals surface area contributed by atoms with E-state index >= 15 is 0 Å². The third-order valence-corrected chi connectivity index (χ3v) is 5.28. The Labute approximate surface area is 202 Å². The van der Waals surface area contributed by atoms with Crippen molar-refractivity contribution in [2.75, 3.05) is 36.2 Å². The third kappa shape index (κ3) is 5.16. The Balaban J connectivity index is 1.37. The van der Waals surface area contributed by atoms with Crippen molar-refractivity contribution in [1.82, 2.24) is 24.9 Å². The zero-order valence-corrected chi connectivity index (χ0v) is 19.7. The average Bonchev–Trinajstić information content (AvgIpc) is 3.53. The van der Waals surface area contributed by atoms with Crippen LogP contribution < -0.4 is 20.3 Å². The Hall–Kier alpha value is -4.60. The van der Waals surface area contributed by atoms with Gasteiger partial charge < -0.3 is 29.7 Å². The van der Waals surface area contributed by atoms with E-state index in [9.17, 15) is 0 Å². The van der Waals surface area contributed by atoms with Gasteiger partial charge in [-0.25, -0.2) is 4.98 Å². The summed E-state index contributed by atoms with van der Waals surface area (Å²) >= 11 is 0. The van der Waals surface area contributed by atoms with Crippen LogP contribution in [0.2, 0.25) is 0 Å². The molecule has 35 heavy (non-hydrogen) atoms. The maximum Gasteiger partial charge on any atom is 0.323 e. The second-order valence-corrected chi connectivity index (χ2v) is 8.01. The first kappa shape index (κ1) is 22.2. The van der Waals surface area contributed by atoms with Crippen LogP contribution in [0.4, 0.5) is 23.3 Å². The van der Waals surface area contributed by atoms with Crippen molar-refractivity contribution in [1.29, 1.82) is 0 Å². The van der Waals surface area contributed by atoms with Gasteiger partial charge in [0.15, 0.2) is 0 Å². The number of hydrogen-bond acceptors (Lipinski definition) is 9. The quantitative estimate of drug-likeness (QED) is 0.278. The van der Waals surface area contributed by atoms with Gasteiger partial charge in [0.25, 0.3) is 0 Å². The molecule has 0 spiro atoms. The van der Waals surface area contributed by atoms with Gasteiger partial charge in [-0.2, -0.15) is 15.0 Å². The fourth-order valence-corrected chi connectivity index (χ4v) is 3.54. The number of anilines is 4. The van der Waals surface area contributed by atoms with E-state index in [0.29, 0.717) is 25.0 Å². The molecule has 0 fully saturated rings. The molecular weight excluding hydrogens is 444 g/mol. The van der Waals surface area contributed by atoms with E-state index < -0.39 is 0 Å². The predicted molar refractivity (Wildman–Crippen MR) is 136 cm³/mol. The standard InChI is InChI=1S/C25H26N8O2/c1-4-34-25-31-23(26-15-19-6-5-13-35-19)30-24(32-25)27-17-9-12-20-21(14-17)29-22(28-20)16-7-10-18(11-8-16)33(2)3/h5-14H,4,15H2,1-3H3,(H,28,29)(H2,26,27,30,31,32). The summed E-state index contributed by atoms with van der Waals surface area (Å²) in [5.74, 6) is 2.33. The molecule has 0 aliphatic rings. The number of nitrogens with one attached hydrogen (secondary N) is 3. The fourth-order valence-electron chi connectivity index (χ4n) is 3.54. The van der Waals surface area contributed by atoms with Crippen LogP contribution in [0.1, 0.15) is 12.7 Å². The molecule has 0 saturated heterocycles. The second-order valence-electron chi connectivity index (χ2n) is 8.01. The van der Waals surface area contributed by atoms with Gasteiger partial charge in [0.1, 0.15) is 11.6 Å². The summed E-state index contributed by atoms with van der Waals surface area (Å²) in [7, 11) is 4.04. The Morgan fingerprint density at radius 2 is 1.80 bits per heavy atom. The summed E-state index contributed by atoms with van der Waals surface area (Å²) in [5.41, 5.74) is 4.73. The molecule has 3 N–H and O–H groups in total. The van der Waals surface area contributed by atoms with Gasteiger partial charge in [-0.3, -0.25) is 0 Å². The lowest BCUT2D eigenvalue weighted by Gasteiger charge is -2.12. The number of furan rings is 1. The number of hydrogen-bond donors (Lipinski definition) is 3. The molecule has 0 amide bonds.